The predicted molar refractivity (Wildman–Crippen MR) is 81.0 cm³/mol. The molecule has 2 rings (SSSR count). The van der Waals surface area contributed by atoms with Crippen molar-refractivity contribution in [3.63, 3.8) is 0 Å². The summed E-state index contributed by atoms with van der Waals surface area (Å²) in [6.45, 7) is 4.75. The zero-order valence-corrected chi connectivity index (χ0v) is 11.8. The molecule has 0 fully saturated rings. The average Bonchev–Trinajstić information content (AvgIpc) is 2.41. The lowest BCUT2D eigenvalue weighted by molar-refractivity contribution is -0.136. The van der Waals surface area contributed by atoms with Crippen molar-refractivity contribution >= 4 is 11.7 Å². The zero-order chi connectivity index (χ0) is 14.5. The first-order chi connectivity index (χ1) is 9.56. The maximum atomic E-state index is 10.9. The van der Waals surface area contributed by atoms with E-state index in [4.69, 9.17) is 5.11 Å². The minimum absolute atomic E-state index is 0.0602. The van der Waals surface area contributed by atoms with E-state index in [1.54, 1.807) is 0 Å². The normalized spacial score (nSPS) is 10.3. The number of carboxylic acid groups (broad SMARTS) is 1. The van der Waals surface area contributed by atoms with E-state index >= 15 is 0 Å². The molecule has 2 aromatic carbocycles. The minimum Gasteiger partial charge on any atom is -0.481 e. The van der Waals surface area contributed by atoms with Crippen LogP contribution in [0.5, 0.6) is 0 Å². The highest BCUT2D eigenvalue weighted by molar-refractivity contribution is 5.70. The van der Waals surface area contributed by atoms with Gasteiger partial charge < -0.3 is 10.4 Å². The lowest BCUT2D eigenvalue weighted by Gasteiger charge is -2.13. The number of carboxylic acids is 1. The lowest BCUT2D eigenvalue weighted by atomic mass is 10.0. The van der Waals surface area contributed by atoms with Gasteiger partial charge in [0.15, 0.2) is 0 Å². The smallest absolute Gasteiger partial charge is 0.307 e. The molecule has 0 radical (unpaired) electrons. The van der Waals surface area contributed by atoms with Crippen LogP contribution in [-0.2, 0) is 17.8 Å². The van der Waals surface area contributed by atoms with Gasteiger partial charge in [-0.25, -0.2) is 0 Å². The van der Waals surface area contributed by atoms with Gasteiger partial charge in [-0.05, 0) is 42.2 Å². The first-order valence-corrected chi connectivity index (χ1v) is 6.66. The summed E-state index contributed by atoms with van der Waals surface area (Å²) in [6, 6.07) is 13.9. The van der Waals surface area contributed by atoms with Gasteiger partial charge in [0.25, 0.3) is 0 Å². The van der Waals surface area contributed by atoms with Crippen LogP contribution in [0.2, 0.25) is 0 Å². The molecular formula is C17H19NO2. The Kier molecular flexibility index (Phi) is 4.41. The molecule has 0 aliphatic carbocycles. The molecule has 2 N–H and O–H groups in total. The molecule has 2 aromatic rings. The first-order valence-electron chi connectivity index (χ1n) is 6.66. The topological polar surface area (TPSA) is 49.3 Å². The molecule has 0 spiro atoms. The van der Waals surface area contributed by atoms with E-state index in [2.05, 4.69) is 37.4 Å². The second-order valence-corrected chi connectivity index (χ2v) is 5.01. The Labute approximate surface area is 119 Å². The molecule has 0 unspecified atom stereocenters. The average molecular weight is 269 g/mol. The first kappa shape index (κ1) is 14.1. The van der Waals surface area contributed by atoms with Crippen molar-refractivity contribution in [3.8, 4) is 0 Å². The van der Waals surface area contributed by atoms with Crippen LogP contribution in [0.15, 0.2) is 42.5 Å². The third-order valence-corrected chi connectivity index (χ3v) is 3.32. The molecule has 20 heavy (non-hydrogen) atoms. The van der Waals surface area contributed by atoms with Gasteiger partial charge in [-0.3, -0.25) is 4.79 Å². The van der Waals surface area contributed by atoms with E-state index in [1.165, 1.54) is 11.1 Å². The summed E-state index contributed by atoms with van der Waals surface area (Å²) in [6.07, 6.45) is 0.0602. The van der Waals surface area contributed by atoms with Crippen LogP contribution in [0.4, 0.5) is 5.69 Å². The van der Waals surface area contributed by atoms with Gasteiger partial charge in [-0.2, -0.15) is 0 Å². The number of anilines is 1. The van der Waals surface area contributed by atoms with E-state index in [9.17, 15) is 4.79 Å². The van der Waals surface area contributed by atoms with Crippen molar-refractivity contribution in [2.24, 2.45) is 0 Å². The van der Waals surface area contributed by atoms with Crippen LogP contribution in [0.25, 0.3) is 0 Å². The van der Waals surface area contributed by atoms with Crippen molar-refractivity contribution in [1.29, 1.82) is 0 Å². The number of nitrogens with one attached hydrogen (secondary N) is 1. The number of hydrogen-bond acceptors (Lipinski definition) is 2. The Hall–Kier alpha value is -2.29. The predicted octanol–water partition coefficient (Wildman–Crippen LogP) is 3.54. The van der Waals surface area contributed by atoms with Crippen molar-refractivity contribution in [3.05, 3.63) is 64.7 Å². The van der Waals surface area contributed by atoms with E-state index in [0.29, 0.717) is 6.54 Å². The van der Waals surface area contributed by atoms with Crippen molar-refractivity contribution in [2.75, 3.05) is 5.32 Å². The van der Waals surface area contributed by atoms with E-state index in [1.807, 2.05) is 24.3 Å². The summed E-state index contributed by atoms with van der Waals surface area (Å²) in [4.78, 5) is 10.9. The molecule has 0 aliphatic heterocycles. The zero-order valence-electron chi connectivity index (χ0n) is 11.8. The van der Waals surface area contributed by atoms with E-state index < -0.39 is 5.97 Å². The molecular weight excluding hydrogens is 250 g/mol. The minimum atomic E-state index is -0.802. The highest BCUT2D eigenvalue weighted by atomic mass is 16.4. The quantitative estimate of drug-likeness (QED) is 0.872. The van der Waals surface area contributed by atoms with Crippen LogP contribution < -0.4 is 5.32 Å². The third kappa shape index (κ3) is 3.60. The Morgan fingerprint density at radius 3 is 2.50 bits per heavy atom. The van der Waals surface area contributed by atoms with E-state index in [0.717, 1.165) is 16.8 Å². The number of rotatable bonds is 5. The summed E-state index contributed by atoms with van der Waals surface area (Å²) in [5.74, 6) is -0.802. The van der Waals surface area contributed by atoms with Gasteiger partial charge in [-0.1, -0.05) is 36.4 Å². The molecule has 3 heteroatoms. The summed E-state index contributed by atoms with van der Waals surface area (Å²) in [5.41, 5.74) is 5.37. The standard InChI is InChI=1S/C17H19NO2/c1-12-7-8-13(2)16(9-12)18-11-15-6-4-3-5-14(15)10-17(19)20/h3-9,18H,10-11H2,1-2H3,(H,19,20). The van der Waals surface area contributed by atoms with Crippen LogP contribution in [0, 0.1) is 13.8 Å². The van der Waals surface area contributed by atoms with E-state index in [-0.39, 0.29) is 6.42 Å². The number of carbonyl (C=O) groups is 1. The van der Waals surface area contributed by atoms with Gasteiger partial charge in [0.1, 0.15) is 0 Å². The number of hydrogen-bond donors (Lipinski definition) is 2. The summed E-state index contributed by atoms with van der Waals surface area (Å²) in [7, 11) is 0. The van der Waals surface area contributed by atoms with Gasteiger partial charge in [-0.15, -0.1) is 0 Å². The number of aliphatic carboxylic acids is 1. The van der Waals surface area contributed by atoms with Crippen molar-refractivity contribution in [1.82, 2.24) is 0 Å². The fourth-order valence-electron chi connectivity index (χ4n) is 2.18. The summed E-state index contributed by atoms with van der Waals surface area (Å²) in [5, 5.41) is 12.3. The van der Waals surface area contributed by atoms with Gasteiger partial charge in [0.2, 0.25) is 0 Å². The van der Waals surface area contributed by atoms with Crippen molar-refractivity contribution in [2.45, 2.75) is 26.8 Å². The Morgan fingerprint density at radius 1 is 1.10 bits per heavy atom. The molecule has 0 saturated carbocycles. The van der Waals surface area contributed by atoms with Crippen LogP contribution in [0.3, 0.4) is 0 Å². The number of benzene rings is 2. The fraction of sp³-hybridized carbons (Fsp3) is 0.235. The van der Waals surface area contributed by atoms with Crippen LogP contribution >= 0.6 is 0 Å². The number of aryl methyl sites for hydroxylation is 2. The molecule has 0 saturated heterocycles. The SMILES string of the molecule is Cc1ccc(C)c(NCc2ccccc2CC(=O)O)c1. The highest BCUT2D eigenvalue weighted by Crippen LogP contribution is 2.18. The molecule has 0 bridgehead atoms. The Balaban J connectivity index is 2.14. The highest BCUT2D eigenvalue weighted by Gasteiger charge is 2.06. The van der Waals surface area contributed by atoms with Crippen LogP contribution in [-0.4, -0.2) is 11.1 Å². The van der Waals surface area contributed by atoms with Crippen molar-refractivity contribution < 1.29 is 9.90 Å². The lowest BCUT2D eigenvalue weighted by Crippen LogP contribution is -2.07. The maximum absolute atomic E-state index is 10.9. The Bertz CT molecular complexity index is 620. The fourth-order valence-corrected chi connectivity index (χ4v) is 2.18. The molecule has 0 aromatic heterocycles. The molecule has 0 amide bonds. The second kappa shape index (κ2) is 6.24. The van der Waals surface area contributed by atoms with Crippen LogP contribution in [0.1, 0.15) is 22.3 Å². The summed E-state index contributed by atoms with van der Waals surface area (Å²) >= 11 is 0. The monoisotopic (exact) mass is 269 g/mol. The Morgan fingerprint density at radius 2 is 1.80 bits per heavy atom. The largest absolute Gasteiger partial charge is 0.481 e. The van der Waals surface area contributed by atoms with Gasteiger partial charge in [0.05, 0.1) is 6.42 Å². The van der Waals surface area contributed by atoms with Gasteiger partial charge in [0, 0.05) is 12.2 Å². The molecule has 104 valence electrons. The molecule has 0 atom stereocenters. The maximum Gasteiger partial charge on any atom is 0.307 e. The molecule has 0 aliphatic rings. The third-order valence-electron chi connectivity index (χ3n) is 3.32. The molecule has 3 nitrogen and oxygen atoms in total. The summed E-state index contributed by atoms with van der Waals surface area (Å²) < 4.78 is 0. The molecule has 0 heterocycles. The second-order valence-electron chi connectivity index (χ2n) is 5.01. The van der Waals surface area contributed by atoms with Gasteiger partial charge >= 0.3 is 5.97 Å².